The molecule has 150 valence electrons. The van der Waals surface area contributed by atoms with Gasteiger partial charge in [-0.2, -0.15) is 4.98 Å². The molecule has 1 aromatic carbocycles. The summed E-state index contributed by atoms with van der Waals surface area (Å²) >= 11 is 0. The predicted octanol–water partition coefficient (Wildman–Crippen LogP) is 2.48. The first-order valence-electron chi connectivity index (χ1n) is 10.2. The molecule has 7 heteroatoms. The van der Waals surface area contributed by atoms with E-state index in [0.29, 0.717) is 50.1 Å². The SMILES string of the molecule is Cc1ccccc1[C@@H]1C2=C(CCCC2=O)Nc2nc(N3CCOCC3)[nH]c(=O)c21. The Kier molecular flexibility index (Phi) is 4.47. The van der Waals surface area contributed by atoms with E-state index >= 15 is 0 Å². The number of morpholine rings is 1. The van der Waals surface area contributed by atoms with Gasteiger partial charge < -0.3 is 15.0 Å². The van der Waals surface area contributed by atoms with Crippen molar-refractivity contribution in [3.63, 3.8) is 0 Å². The third-order valence-electron chi connectivity index (χ3n) is 6.06. The Morgan fingerprint density at radius 3 is 2.72 bits per heavy atom. The Morgan fingerprint density at radius 2 is 1.93 bits per heavy atom. The number of rotatable bonds is 2. The van der Waals surface area contributed by atoms with E-state index in [1.165, 1.54) is 0 Å². The molecule has 2 aromatic rings. The fourth-order valence-electron chi connectivity index (χ4n) is 4.60. The highest BCUT2D eigenvalue weighted by Gasteiger charge is 2.38. The molecule has 1 aromatic heterocycles. The summed E-state index contributed by atoms with van der Waals surface area (Å²) in [5, 5.41) is 3.34. The van der Waals surface area contributed by atoms with Gasteiger partial charge in [0.2, 0.25) is 5.95 Å². The number of aromatic nitrogens is 2. The van der Waals surface area contributed by atoms with Crippen LogP contribution in [0.5, 0.6) is 0 Å². The summed E-state index contributed by atoms with van der Waals surface area (Å²) in [6.45, 7) is 4.63. The fourth-order valence-corrected chi connectivity index (χ4v) is 4.60. The molecule has 5 rings (SSSR count). The molecule has 0 amide bonds. The molecular weight excluding hydrogens is 368 g/mol. The minimum absolute atomic E-state index is 0.120. The number of benzene rings is 1. The maximum absolute atomic E-state index is 13.3. The van der Waals surface area contributed by atoms with Crippen LogP contribution in [0.3, 0.4) is 0 Å². The van der Waals surface area contributed by atoms with Crippen LogP contribution in [0.2, 0.25) is 0 Å². The Labute approximate surface area is 168 Å². The van der Waals surface area contributed by atoms with Crippen molar-refractivity contribution in [2.75, 3.05) is 36.5 Å². The summed E-state index contributed by atoms with van der Waals surface area (Å²) in [4.78, 5) is 36.0. The second-order valence-electron chi connectivity index (χ2n) is 7.83. The van der Waals surface area contributed by atoms with Crippen LogP contribution in [-0.2, 0) is 9.53 Å². The molecule has 2 aliphatic heterocycles. The van der Waals surface area contributed by atoms with E-state index in [9.17, 15) is 9.59 Å². The number of carbonyl (C=O) groups excluding carboxylic acids is 1. The minimum atomic E-state index is -0.384. The van der Waals surface area contributed by atoms with Crippen molar-refractivity contribution in [1.29, 1.82) is 0 Å². The van der Waals surface area contributed by atoms with Crippen LogP contribution >= 0.6 is 0 Å². The Hall–Kier alpha value is -2.93. The topological polar surface area (TPSA) is 87.3 Å². The number of hydrogen-bond acceptors (Lipinski definition) is 6. The zero-order valence-corrected chi connectivity index (χ0v) is 16.5. The van der Waals surface area contributed by atoms with Crippen LogP contribution < -0.4 is 15.8 Å². The van der Waals surface area contributed by atoms with Gasteiger partial charge in [-0.25, -0.2) is 0 Å². The van der Waals surface area contributed by atoms with E-state index in [1.807, 2.05) is 36.1 Å². The first-order valence-corrected chi connectivity index (χ1v) is 10.2. The third kappa shape index (κ3) is 3.06. The van der Waals surface area contributed by atoms with Gasteiger partial charge in [-0.1, -0.05) is 24.3 Å². The van der Waals surface area contributed by atoms with Crippen LogP contribution in [0.1, 0.15) is 41.9 Å². The lowest BCUT2D eigenvalue weighted by molar-refractivity contribution is -0.116. The first kappa shape index (κ1) is 18.1. The number of anilines is 2. The molecule has 0 radical (unpaired) electrons. The zero-order valence-electron chi connectivity index (χ0n) is 16.5. The molecule has 2 N–H and O–H groups in total. The van der Waals surface area contributed by atoms with Gasteiger partial charge in [0.25, 0.3) is 5.56 Å². The number of hydrogen-bond donors (Lipinski definition) is 2. The second kappa shape index (κ2) is 7.15. The predicted molar refractivity (Wildman–Crippen MR) is 110 cm³/mol. The third-order valence-corrected chi connectivity index (χ3v) is 6.06. The molecule has 29 heavy (non-hydrogen) atoms. The van der Waals surface area contributed by atoms with Crippen LogP contribution in [0.25, 0.3) is 0 Å². The van der Waals surface area contributed by atoms with Crippen LogP contribution in [0.15, 0.2) is 40.3 Å². The number of nitrogens with zero attached hydrogens (tertiary/aromatic N) is 2. The number of aryl methyl sites for hydroxylation is 1. The van der Waals surface area contributed by atoms with Crippen molar-refractivity contribution >= 4 is 17.5 Å². The number of aromatic amines is 1. The Balaban J connectivity index is 1.69. The van der Waals surface area contributed by atoms with Crippen molar-refractivity contribution in [2.24, 2.45) is 0 Å². The van der Waals surface area contributed by atoms with Crippen LogP contribution in [0, 0.1) is 6.92 Å². The highest BCUT2D eigenvalue weighted by atomic mass is 16.5. The van der Waals surface area contributed by atoms with Crippen LogP contribution in [-0.4, -0.2) is 42.1 Å². The van der Waals surface area contributed by atoms with Gasteiger partial charge in [-0.05, 0) is 30.9 Å². The second-order valence-corrected chi connectivity index (χ2v) is 7.83. The normalized spacial score (nSPS) is 21.5. The molecular formula is C22H24N4O3. The largest absolute Gasteiger partial charge is 0.378 e. The zero-order chi connectivity index (χ0) is 20.0. The van der Waals surface area contributed by atoms with Gasteiger partial charge >= 0.3 is 0 Å². The lowest BCUT2D eigenvalue weighted by Gasteiger charge is -2.34. The average Bonchev–Trinajstić information content (AvgIpc) is 2.73. The van der Waals surface area contributed by atoms with Gasteiger partial charge in [-0.15, -0.1) is 0 Å². The maximum Gasteiger partial charge on any atom is 0.258 e. The molecule has 1 atom stereocenters. The number of H-pyrrole nitrogens is 1. The number of ether oxygens (including phenoxy) is 1. The summed E-state index contributed by atoms with van der Waals surface area (Å²) in [6.07, 6.45) is 2.14. The smallest absolute Gasteiger partial charge is 0.258 e. The number of nitrogens with one attached hydrogen (secondary N) is 2. The summed E-state index contributed by atoms with van der Waals surface area (Å²) in [5.41, 5.74) is 4.03. The van der Waals surface area contributed by atoms with Crippen molar-refractivity contribution < 1.29 is 9.53 Å². The van der Waals surface area contributed by atoms with Gasteiger partial charge in [0.15, 0.2) is 5.78 Å². The van der Waals surface area contributed by atoms with Gasteiger partial charge in [-0.3, -0.25) is 14.6 Å². The standard InChI is InChI=1S/C22H24N4O3/c1-13-5-2-3-6-14(13)17-18-15(7-4-8-16(18)27)23-20-19(17)21(28)25-22(24-20)26-9-11-29-12-10-26/h2-3,5-6,17H,4,7-12H2,1H3,(H2,23,24,25,28)/t17-/m1/s1. The molecule has 3 heterocycles. The van der Waals surface area contributed by atoms with Crippen molar-refractivity contribution in [2.45, 2.75) is 32.1 Å². The molecule has 1 aliphatic carbocycles. The minimum Gasteiger partial charge on any atom is -0.378 e. The monoisotopic (exact) mass is 392 g/mol. The van der Waals surface area contributed by atoms with Crippen molar-refractivity contribution in [3.05, 3.63) is 62.6 Å². The molecule has 0 unspecified atom stereocenters. The highest BCUT2D eigenvalue weighted by molar-refractivity contribution is 6.01. The Morgan fingerprint density at radius 1 is 1.14 bits per heavy atom. The van der Waals surface area contributed by atoms with Crippen LogP contribution in [0.4, 0.5) is 11.8 Å². The molecule has 3 aliphatic rings. The summed E-state index contributed by atoms with van der Waals surface area (Å²) in [7, 11) is 0. The van der Waals surface area contributed by atoms with Gasteiger partial charge in [0.1, 0.15) is 5.82 Å². The number of Topliss-reactive ketones (excluding diaryl/α,β-unsaturated/α-hetero) is 1. The first-order chi connectivity index (χ1) is 14.1. The van der Waals surface area contributed by atoms with E-state index in [-0.39, 0.29) is 17.3 Å². The lowest BCUT2D eigenvalue weighted by Crippen LogP contribution is -2.40. The van der Waals surface area contributed by atoms with Crippen molar-refractivity contribution in [3.8, 4) is 0 Å². The number of allylic oxidation sites excluding steroid dienone is 2. The number of ketones is 1. The fraction of sp³-hybridized carbons (Fsp3) is 0.409. The van der Waals surface area contributed by atoms with E-state index < -0.39 is 0 Å². The van der Waals surface area contributed by atoms with E-state index in [1.54, 1.807) is 0 Å². The molecule has 0 spiro atoms. The molecule has 1 fully saturated rings. The lowest BCUT2D eigenvalue weighted by atomic mass is 9.75. The number of carbonyl (C=O) groups is 1. The molecule has 1 saturated heterocycles. The summed E-state index contributed by atoms with van der Waals surface area (Å²) in [6, 6.07) is 7.97. The number of fused-ring (bicyclic) bond motifs is 1. The maximum atomic E-state index is 13.3. The Bertz CT molecular complexity index is 1070. The highest BCUT2D eigenvalue weighted by Crippen LogP contribution is 2.44. The summed E-state index contributed by atoms with van der Waals surface area (Å²) < 4.78 is 5.41. The van der Waals surface area contributed by atoms with Gasteiger partial charge in [0, 0.05) is 36.7 Å². The molecule has 0 bridgehead atoms. The molecule has 0 saturated carbocycles. The molecule has 7 nitrogen and oxygen atoms in total. The quantitative estimate of drug-likeness (QED) is 0.817. The van der Waals surface area contributed by atoms with E-state index in [4.69, 9.17) is 9.72 Å². The van der Waals surface area contributed by atoms with Gasteiger partial charge in [0.05, 0.1) is 18.8 Å². The summed E-state index contributed by atoms with van der Waals surface area (Å²) in [5.74, 6) is 0.857. The van der Waals surface area contributed by atoms with E-state index in [2.05, 4.69) is 10.3 Å². The average molecular weight is 392 g/mol. The van der Waals surface area contributed by atoms with E-state index in [0.717, 1.165) is 35.2 Å². The van der Waals surface area contributed by atoms with Crippen molar-refractivity contribution in [1.82, 2.24) is 9.97 Å².